The molecule has 0 bridgehead atoms. The summed E-state index contributed by atoms with van der Waals surface area (Å²) in [6.45, 7) is 13.6. The van der Waals surface area contributed by atoms with E-state index in [4.69, 9.17) is 48.8 Å². The van der Waals surface area contributed by atoms with Gasteiger partial charge in [0.15, 0.2) is 0 Å². The summed E-state index contributed by atoms with van der Waals surface area (Å²) < 4.78 is 36.5. The monoisotopic (exact) mass is 1640 g/mol. The quantitative estimate of drug-likeness (QED) is 0.0113. The van der Waals surface area contributed by atoms with Gasteiger partial charge in [0.1, 0.15) is 42.4 Å². The van der Waals surface area contributed by atoms with Gasteiger partial charge in [-0.3, -0.25) is 54.7 Å². The molecule has 0 aromatic heterocycles. The van der Waals surface area contributed by atoms with Gasteiger partial charge < -0.3 is 91.8 Å². The van der Waals surface area contributed by atoms with Crippen molar-refractivity contribution in [2.24, 2.45) is 11.5 Å². The Morgan fingerprint density at radius 3 is 1.36 bits per heavy atom. The number of unbranched alkanes of at least 4 members (excludes halogenated alkanes) is 5. The number of hydrogen-bond acceptors (Lipinski definition) is 26. The second kappa shape index (κ2) is 75.7. The topological polar surface area (TPSA) is 452 Å². The lowest BCUT2D eigenvalue weighted by atomic mass is 10.1. The third-order valence-corrected chi connectivity index (χ3v) is 13.0. The van der Waals surface area contributed by atoms with E-state index in [1.54, 1.807) is 38.4 Å². The summed E-state index contributed by atoms with van der Waals surface area (Å²) in [5, 5.41) is 66.1. The van der Waals surface area contributed by atoms with Crippen LogP contribution in [0.15, 0.2) is 35.8 Å². The highest BCUT2D eigenvalue weighted by atomic mass is 127. The van der Waals surface area contributed by atoms with Crippen molar-refractivity contribution in [3.05, 3.63) is 41.3 Å². The number of hydrogen-bond donors (Lipinski definition) is 15. The van der Waals surface area contributed by atoms with E-state index >= 15 is 0 Å². The minimum absolute atomic E-state index is 0. The molecule has 7 atom stereocenters. The number of benzene rings is 1. The molecular weight excluding hydrogens is 1500 g/mol. The Bertz CT molecular complexity index is 2230. The van der Waals surface area contributed by atoms with Gasteiger partial charge in [-0.2, -0.15) is 0 Å². The van der Waals surface area contributed by atoms with Crippen LogP contribution in [0.3, 0.4) is 0 Å². The van der Waals surface area contributed by atoms with Gasteiger partial charge in [-0.05, 0) is 113 Å². The van der Waals surface area contributed by atoms with E-state index in [0.717, 1.165) is 75.6 Å². The third-order valence-electron chi connectivity index (χ3n) is 13.0. The number of aliphatic hydroxyl groups excluding tert-OH is 2. The number of fused-ring (bicyclic) bond motifs is 1. The molecule has 30 nitrogen and oxygen atoms in total. The summed E-state index contributed by atoms with van der Waals surface area (Å²) in [7, 11) is 9.42. The zero-order chi connectivity index (χ0) is 74.2. The maximum absolute atomic E-state index is 12.4. The standard InChI is InChI=1S/C20H30N8O5.C14H27NO4.C11H21NO4.C7H13NO4.2C4H10O.2CH3I.4CH4/c1-28(9-11-8-23-17-15(24-11)16(21)26-20(22)27-17)12-4-2-10(3-5-12)18(31)25-13(19(32)33)6-7-14(29)30;1-4-6-10-18-13(16)9-8-12(15-3)14(17)19-11-7-5-2;1-4-5-8-16-11(14)9(12-2)6-7-10(13)15-3;1-8-5(7(10)11)3-4-6(9)12-2;2*1-2-3-4-5;2*1-2;;;;/h2-5,11,13,17,20,23-24,26-27H,6-9,21-22H2,1H3,(H,25,31)(H,29,30)(H,32,33);12,15H,4-11H2,1-3H3;9,12H,4-8H2,1-3H3;5,8H,3-4H2,1-2H3,(H,10,11);2*5H,2-4H2,1H3;2*1H3;4*1H4/i;;;;;;2*1D;;;;. The molecule has 17 N–H and O–H groups in total. The molecule has 2 heterocycles. The lowest BCUT2D eigenvalue weighted by Crippen LogP contribution is -2.69. The van der Waals surface area contributed by atoms with Crippen LogP contribution in [0.5, 0.6) is 0 Å². The van der Waals surface area contributed by atoms with Crippen LogP contribution in [-0.2, 0) is 62.0 Å². The highest BCUT2D eigenvalue weighted by Gasteiger charge is 2.32. The number of halogens is 2. The van der Waals surface area contributed by atoms with Gasteiger partial charge in [0.2, 0.25) is 0 Å². The number of anilines is 1. The molecule has 580 valence electrons. The van der Waals surface area contributed by atoms with E-state index in [-0.39, 0.29) is 110 Å². The van der Waals surface area contributed by atoms with Crippen molar-refractivity contribution in [1.29, 1.82) is 0 Å². The second-order valence-corrected chi connectivity index (χ2v) is 20.4. The maximum Gasteiger partial charge on any atom is 0.326 e. The lowest BCUT2D eigenvalue weighted by molar-refractivity contribution is -0.149. The van der Waals surface area contributed by atoms with Gasteiger partial charge >= 0.3 is 47.8 Å². The van der Waals surface area contributed by atoms with Crippen LogP contribution in [0.2, 0.25) is 0 Å². The van der Waals surface area contributed by atoms with Crippen LogP contribution >= 0.6 is 45.2 Å². The first-order valence-electron chi connectivity index (χ1n) is 32.8. The number of amides is 1. The SMILES string of the molecule is C.C.C.C.CCCCO.CCCCO.CCCCOC(=O)C(CCC(=O)OC)NC.CCCCOC(=O)CCC(NC)C(=O)OCCCC.CN(CC1CNC2NC(N)NC(N)=C2N1)c1ccc(C(=O)NC(CCC(=O)O)C(=O)O)cc1.CNC(CCC(=O)OC)C(=O)O.[2H]CI.[2H]CI. The van der Waals surface area contributed by atoms with Crippen LogP contribution in [0.4, 0.5) is 5.69 Å². The summed E-state index contributed by atoms with van der Waals surface area (Å²) in [6.07, 6.45) is 10.1. The number of carbonyl (C=O) groups excluding carboxylic acids is 6. The van der Waals surface area contributed by atoms with Gasteiger partial charge in [0.05, 0.1) is 45.8 Å². The number of rotatable bonds is 37. The highest BCUT2D eigenvalue weighted by molar-refractivity contribution is 14.1. The molecule has 2 aliphatic heterocycles. The van der Waals surface area contributed by atoms with Gasteiger partial charge in [0.25, 0.3) is 5.91 Å². The Hall–Kier alpha value is -5.47. The smallest absolute Gasteiger partial charge is 0.326 e. The molecule has 2 aliphatic rings. The number of likely N-dealkylation sites (N-methyl/N-ethyl adjacent to an activating group) is 4. The van der Waals surface area contributed by atoms with Crippen molar-refractivity contribution in [3.8, 4) is 0 Å². The first-order valence-corrected chi connectivity index (χ1v) is 34.4. The Morgan fingerprint density at radius 2 is 1.00 bits per heavy atom. The number of aliphatic hydroxyl groups is 2. The predicted octanol–water partition coefficient (Wildman–Crippen LogP) is 6.35. The minimum atomic E-state index is -1.28. The molecular formula is C66H133I2N11O19. The van der Waals surface area contributed by atoms with Crippen LogP contribution in [0.1, 0.15) is 193 Å². The fraction of sp³-hybridized carbons (Fsp3) is 0.742. The number of piperazine rings is 1. The normalized spacial score (nSPS) is 14.7. The number of alkyl halides is 2. The van der Waals surface area contributed by atoms with Crippen LogP contribution in [0.25, 0.3) is 0 Å². The number of methoxy groups -OCH3 is 2. The number of carbonyl (C=O) groups is 9. The summed E-state index contributed by atoms with van der Waals surface area (Å²) >= 11 is 3.91. The summed E-state index contributed by atoms with van der Waals surface area (Å²) in [6, 6.07) is 3.95. The van der Waals surface area contributed by atoms with Crippen molar-refractivity contribution in [3.63, 3.8) is 0 Å². The number of ether oxygens (including phenoxy) is 5. The van der Waals surface area contributed by atoms with Gasteiger partial charge in [-0.1, -0.05) is 142 Å². The van der Waals surface area contributed by atoms with Crippen molar-refractivity contribution in [2.45, 2.75) is 223 Å². The molecule has 1 aromatic carbocycles. The van der Waals surface area contributed by atoms with Crippen molar-refractivity contribution >= 4 is 105 Å². The predicted molar refractivity (Wildman–Crippen MR) is 406 cm³/mol. The largest absolute Gasteiger partial charge is 0.481 e. The fourth-order valence-electron chi connectivity index (χ4n) is 7.43. The van der Waals surface area contributed by atoms with E-state index in [2.05, 4.69) is 65.9 Å². The summed E-state index contributed by atoms with van der Waals surface area (Å²) in [5.74, 6) is -5.02. The lowest BCUT2D eigenvalue weighted by Gasteiger charge is -2.41. The molecule has 0 saturated carbocycles. The van der Waals surface area contributed by atoms with Gasteiger partial charge in [-0.25, -0.2) is 4.79 Å². The zero-order valence-corrected chi connectivity index (χ0v) is 61.6. The molecule has 7 unspecified atom stereocenters. The average molecular weight is 1640 g/mol. The number of carboxylic acid groups (broad SMARTS) is 3. The number of nitrogens with zero attached hydrogens (tertiary/aromatic N) is 1. The van der Waals surface area contributed by atoms with Crippen LogP contribution in [0, 0.1) is 0 Å². The van der Waals surface area contributed by atoms with E-state index in [0.29, 0.717) is 74.6 Å². The Balaban J connectivity index is -0.000000153. The van der Waals surface area contributed by atoms with E-state index in [9.17, 15) is 48.3 Å². The van der Waals surface area contributed by atoms with Gasteiger partial charge in [-0.15, -0.1) is 0 Å². The Kier molecular flexibility index (Phi) is 81.9. The Labute approximate surface area is 617 Å². The summed E-state index contributed by atoms with van der Waals surface area (Å²) in [4.78, 5) is 104. The minimum Gasteiger partial charge on any atom is -0.481 e. The molecule has 0 radical (unpaired) electrons. The molecule has 1 fully saturated rings. The molecule has 32 heteroatoms. The summed E-state index contributed by atoms with van der Waals surface area (Å²) in [5.41, 5.74) is 13.8. The number of nitrogens with two attached hydrogens (primary N) is 2. The fourth-order valence-corrected chi connectivity index (χ4v) is 7.43. The first kappa shape index (κ1) is 106. The second-order valence-electron chi connectivity index (χ2n) is 20.4. The molecule has 1 saturated heterocycles. The number of carboxylic acids is 3. The molecule has 3 rings (SSSR count). The third kappa shape index (κ3) is 59.4. The molecule has 0 aliphatic carbocycles. The van der Waals surface area contributed by atoms with Crippen molar-refractivity contribution in [1.82, 2.24) is 42.5 Å². The average Bonchev–Trinajstić information content (AvgIpc) is 0.811. The first-order chi connectivity index (χ1) is 45.7. The molecule has 98 heavy (non-hydrogen) atoms. The van der Waals surface area contributed by atoms with Crippen molar-refractivity contribution < 1.29 is 95.1 Å². The molecule has 0 spiro atoms. The maximum atomic E-state index is 12.4. The number of nitrogens with one attached hydrogen (secondary N) is 8. The van der Waals surface area contributed by atoms with E-state index < -0.39 is 60.2 Å². The molecule has 1 amide bonds. The number of esters is 5. The van der Waals surface area contributed by atoms with Crippen LogP contribution in [-0.4, -0.2) is 220 Å². The Morgan fingerprint density at radius 1 is 0.612 bits per heavy atom. The van der Waals surface area contributed by atoms with Crippen molar-refractivity contribution in [2.75, 3.05) is 103 Å². The van der Waals surface area contributed by atoms with Gasteiger partial charge in [0, 0.05) is 73.0 Å². The zero-order valence-electron chi connectivity index (χ0n) is 59.3. The van der Waals surface area contributed by atoms with Crippen LogP contribution < -0.4 is 58.9 Å². The van der Waals surface area contributed by atoms with E-state index in [1.165, 1.54) is 21.3 Å². The highest BCUT2D eigenvalue weighted by Crippen LogP contribution is 2.17. The van der Waals surface area contributed by atoms with E-state index in [1.807, 2.05) is 77.9 Å². The number of aliphatic carboxylic acids is 3. The molecule has 1 aromatic rings.